The lowest BCUT2D eigenvalue weighted by molar-refractivity contribution is -0.137. The zero-order chi connectivity index (χ0) is 14.3. The molecule has 2 aromatic rings. The molecule has 0 saturated carbocycles. The Kier molecular flexibility index (Phi) is 3.08. The highest BCUT2D eigenvalue weighted by Gasteiger charge is 2.31. The smallest absolute Gasteiger partial charge is 0.379 e. The molecule has 1 atom stereocenters. The van der Waals surface area contributed by atoms with E-state index < -0.39 is 17.4 Å². The highest BCUT2D eigenvalue weighted by Crippen LogP contribution is 2.31. The molecule has 1 aliphatic heterocycles. The number of hydrogen-bond donors (Lipinski definition) is 1. The van der Waals surface area contributed by atoms with Crippen LogP contribution < -0.4 is 5.69 Å². The molecule has 108 valence electrons. The molecular weight excluding hydrogens is 273 g/mol. The van der Waals surface area contributed by atoms with Crippen molar-refractivity contribution in [1.29, 1.82) is 0 Å². The second kappa shape index (κ2) is 4.66. The predicted octanol–water partition coefficient (Wildman–Crippen LogP) is 2.70. The topological polar surface area (TPSA) is 47.0 Å². The summed E-state index contributed by atoms with van der Waals surface area (Å²) in [5.74, 6) is 0. The Hall–Kier alpha value is -1.76. The zero-order valence-corrected chi connectivity index (χ0v) is 10.5. The summed E-state index contributed by atoms with van der Waals surface area (Å²) in [6.07, 6.45) is -2.79. The summed E-state index contributed by atoms with van der Waals surface area (Å²) in [5.41, 5.74) is -0.470. The first kappa shape index (κ1) is 13.2. The minimum atomic E-state index is -4.42. The Morgan fingerprint density at radius 3 is 2.80 bits per heavy atom. The van der Waals surface area contributed by atoms with Gasteiger partial charge in [-0.1, -0.05) is 0 Å². The van der Waals surface area contributed by atoms with E-state index in [4.69, 9.17) is 4.74 Å². The number of benzene rings is 1. The van der Waals surface area contributed by atoms with Crippen molar-refractivity contribution in [2.75, 3.05) is 13.2 Å². The van der Waals surface area contributed by atoms with Crippen LogP contribution in [0.2, 0.25) is 0 Å². The van der Waals surface area contributed by atoms with Crippen LogP contribution in [0.1, 0.15) is 24.4 Å². The summed E-state index contributed by atoms with van der Waals surface area (Å²) in [6.45, 7) is 1.07. The van der Waals surface area contributed by atoms with Crippen LogP contribution >= 0.6 is 0 Å². The Morgan fingerprint density at radius 2 is 2.15 bits per heavy atom. The lowest BCUT2D eigenvalue weighted by atomic mass is 10.1. The summed E-state index contributed by atoms with van der Waals surface area (Å²) in [6, 6.07) is 3.18. The number of nitrogens with one attached hydrogen (secondary N) is 1. The normalized spacial score (nSPS) is 20.4. The molecule has 3 rings (SSSR count). The van der Waals surface area contributed by atoms with E-state index in [2.05, 4.69) is 4.98 Å². The Balaban J connectivity index is 2.10. The molecule has 1 aromatic heterocycles. The van der Waals surface area contributed by atoms with E-state index in [1.807, 2.05) is 0 Å². The van der Waals surface area contributed by atoms with E-state index >= 15 is 0 Å². The fourth-order valence-corrected chi connectivity index (χ4v) is 2.60. The fourth-order valence-electron chi connectivity index (χ4n) is 2.60. The molecule has 1 unspecified atom stereocenters. The number of aromatic amines is 1. The van der Waals surface area contributed by atoms with Crippen molar-refractivity contribution >= 4 is 11.0 Å². The molecule has 0 spiro atoms. The number of imidazole rings is 1. The number of nitrogens with zero attached hydrogens (tertiary/aromatic N) is 1. The number of halogens is 3. The minimum Gasteiger partial charge on any atom is -0.379 e. The molecular formula is C13H13F3N2O2. The van der Waals surface area contributed by atoms with Gasteiger partial charge in [-0.15, -0.1) is 0 Å². The van der Waals surface area contributed by atoms with Gasteiger partial charge in [0, 0.05) is 6.61 Å². The van der Waals surface area contributed by atoms with Crippen LogP contribution in [0.3, 0.4) is 0 Å². The average Bonchev–Trinajstić information content (AvgIpc) is 2.73. The number of fused-ring (bicyclic) bond motifs is 1. The zero-order valence-electron chi connectivity index (χ0n) is 10.5. The molecule has 4 nitrogen and oxygen atoms in total. The van der Waals surface area contributed by atoms with Gasteiger partial charge in [-0.25, -0.2) is 4.79 Å². The second-order valence-electron chi connectivity index (χ2n) is 4.90. The van der Waals surface area contributed by atoms with E-state index in [1.165, 1.54) is 10.6 Å². The first-order chi connectivity index (χ1) is 9.47. The fraction of sp³-hybridized carbons (Fsp3) is 0.462. The maximum atomic E-state index is 12.7. The Morgan fingerprint density at radius 1 is 1.35 bits per heavy atom. The lowest BCUT2D eigenvalue weighted by Gasteiger charge is -2.23. The highest BCUT2D eigenvalue weighted by molar-refractivity contribution is 5.76. The van der Waals surface area contributed by atoms with Gasteiger partial charge in [0.15, 0.2) is 0 Å². The SMILES string of the molecule is O=c1[nH]c2cc(C(F)(F)F)ccc2n1C1CCCOC1. The van der Waals surface area contributed by atoms with Gasteiger partial charge in [-0.05, 0) is 31.0 Å². The van der Waals surface area contributed by atoms with E-state index in [0.29, 0.717) is 18.7 Å². The highest BCUT2D eigenvalue weighted by atomic mass is 19.4. The molecule has 0 amide bonds. The summed E-state index contributed by atoms with van der Waals surface area (Å²) < 4.78 is 44.8. The first-order valence-electron chi connectivity index (χ1n) is 6.36. The van der Waals surface area contributed by atoms with Crippen LogP contribution in [-0.4, -0.2) is 22.8 Å². The number of alkyl halides is 3. The van der Waals surface area contributed by atoms with Crippen molar-refractivity contribution in [3.63, 3.8) is 0 Å². The summed E-state index contributed by atoms with van der Waals surface area (Å²) in [5, 5.41) is 0. The largest absolute Gasteiger partial charge is 0.416 e. The average molecular weight is 286 g/mol. The summed E-state index contributed by atoms with van der Waals surface area (Å²) in [4.78, 5) is 14.5. The minimum absolute atomic E-state index is 0.123. The third-order valence-electron chi connectivity index (χ3n) is 3.55. The number of hydrogen-bond acceptors (Lipinski definition) is 2. The molecule has 2 heterocycles. The molecule has 1 N–H and O–H groups in total. The van der Waals surface area contributed by atoms with E-state index in [9.17, 15) is 18.0 Å². The van der Waals surface area contributed by atoms with Crippen molar-refractivity contribution in [1.82, 2.24) is 9.55 Å². The van der Waals surface area contributed by atoms with Crippen molar-refractivity contribution < 1.29 is 17.9 Å². The first-order valence-corrected chi connectivity index (χ1v) is 6.36. The maximum Gasteiger partial charge on any atom is 0.416 e. The van der Waals surface area contributed by atoms with E-state index in [0.717, 1.165) is 25.0 Å². The van der Waals surface area contributed by atoms with Gasteiger partial charge in [0.2, 0.25) is 0 Å². The molecule has 0 bridgehead atoms. The maximum absolute atomic E-state index is 12.7. The van der Waals surface area contributed by atoms with Crippen molar-refractivity contribution in [3.8, 4) is 0 Å². The second-order valence-corrected chi connectivity index (χ2v) is 4.90. The van der Waals surface area contributed by atoms with E-state index in [1.54, 1.807) is 0 Å². The number of H-pyrrole nitrogens is 1. The number of rotatable bonds is 1. The molecule has 1 saturated heterocycles. The third kappa shape index (κ3) is 2.22. The Labute approximate surface area is 112 Å². The molecule has 1 fully saturated rings. The lowest BCUT2D eigenvalue weighted by Crippen LogP contribution is -2.28. The molecule has 0 radical (unpaired) electrons. The number of aromatic nitrogens is 2. The standard InChI is InChI=1S/C13H13F3N2O2/c14-13(15,16)8-3-4-11-10(6-8)17-12(19)18(11)9-2-1-5-20-7-9/h3-4,6,9H,1-2,5,7H2,(H,17,19). The summed E-state index contributed by atoms with van der Waals surface area (Å²) in [7, 11) is 0. The van der Waals surface area contributed by atoms with Gasteiger partial charge in [-0.2, -0.15) is 13.2 Å². The molecule has 20 heavy (non-hydrogen) atoms. The van der Waals surface area contributed by atoms with Crippen LogP contribution in [0, 0.1) is 0 Å². The summed E-state index contributed by atoms with van der Waals surface area (Å²) >= 11 is 0. The molecule has 7 heteroatoms. The van der Waals surface area contributed by atoms with Gasteiger partial charge >= 0.3 is 11.9 Å². The van der Waals surface area contributed by atoms with Crippen LogP contribution in [0.4, 0.5) is 13.2 Å². The van der Waals surface area contributed by atoms with Crippen LogP contribution in [-0.2, 0) is 10.9 Å². The quantitative estimate of drug-likeness (QED) is 0.876. The van der Waals surface area contributed by atoms with Gasteiger partial charge < -0.3 is 9.72 Å². The third-order valence-corrected chi connectivity index (χ3v) is 3.55. The van der Waals surface area contributed by atoms with E-state index in [-0.39, 0.29) is 11.6 Å². The predicted molar refractivity (Wildman–Crippen MR) is 66.7 cm³/mol. The Bertz CT molecular complexity index is 681. The van der Waals surface area contributed by atoms with Crippen LogP contribution in [0.15, 0.2) is 23.0 Å². The molecule has 0 aliphatic carbocycles. The van der Waals surface area contributed by atoms with Gasteiger partial charge in [-0.3, -0.25) is 4.57 Å². The van der Waals surface area contributed by atoms with Crippen LogP contribution in [0.25, 0.3) is 11.0 Å². The molecule has 1 aliphatic rings. The van der Waals surface area contributed by atoms with Gasteiger partial charge in [0.1, 0.15) is 0 Å². The van der Waals surface area contributed by atoms with Gasteiger partial charge in [0.25, 0.3) is 0 Å². The van der Waals surface area contributed by atoms with Crippen molar-refractivity contribution in [3.05, 3.63) is 34.2 Å². The van der Waals surface area contributed by atoms with Crippen LogP contribution in [0.5, 0.6) is 0 Å². The monoisotopic (exact) mass is 286 g/mol. The molecule has 1 aromatic carbocycles. The van der Waals surface area contributed by atoms with Gasteiger partial charge in [0.05, 0.1) is 29.2 Å². The van der Waals surface area contributed by atoms with Crippen molar-refractivity contribution in [2.45, 2.75) is 25.1 Å². The number of ether oxygens (including phenoxy) is 1. The van der Waals surface area contributed by atoms with Crippen molar-refractivity contribution in [2.24, 2.45) is 0 Å².